The lowest BCUT2D eigenvalue weighted by atomic mass is 9.94. The van der Waals surface area contributed by atoms with E-state index in [2.05, 4.69) is 50.2 Å². The van der Waals surface area contributed by atoms with E-state index in [1.807, 2.05) is 48.5 Å². The first-order chi connectivity index (χ1) is 12.4. The topological polar surface area (TPSA) is 17.1 Å². The molecule has 3 aromatic rings. The second-order valence-corrected chi connectivity index (χ2v) is 13.3. The summed E-state index contributed by atoms with van der Waals surface area (Å²) in [5, 5.41) is 1.23. The molecule has 1 nitrogen and oxygen atoms in total. The Bertz CT molecular complexity index is 912. The van der Waals surface area contributed by atoms with Gasteiger partial charge in [0.15, 0.2) is 5.78 Å². The Morgan fingerprint density at radius 3 is 1.96 bits per heavy atom. The average Bonchev–Trinajstić information content (AvgIpc) is 2.67. The highest BCUT2D eigenvalue weighted by atomic mass is 32.2. The summed E-state index contributed by atoms with van der Waals surface area (Å²) in [4.78, 5) is 14.7. The van der Waals surface area contributed by atoms with E-state index in [1.165, 1.54) is 10.1 Å². The van der Waals surface area contributed by atoms with E-state index in [9.17, 15) is 4.79 Å². The van der Waals surface area contributed by atoms with Gasteiger partial charge in [-0.25, -0.2) is 0 Å². The lowest BCUT2D eigenvalue weighted by molar-refractivity contribution is 0.104. The summed E-state index contributed by atoms with van der Waals surface area (Å²) in [5.74, 6) is 0.120. The summed E-state index contributed by atoms with van der Waals surface area (Å²) < 4.78 is 0. The molecule has 0 N–H and O–H groups in total. The Hall–Kier alpha value is -2.10. The van der Waals surface area contributed by atoms with Gasteiger partial charge in [0, 0.05) is 16.0 Å². The van der Waals surface area contributed by atoms with Crippen molar-refractivity contribution in [2.45, 2.75) is 24.5 Å². The van der Waals surface area contributed by atoms with Crippen molar-refractivity contribution in [3.8, 4) is 11.1 Å². The van der Waals surface area contributed by atoms with Crippen LogP contribution >= 0.6 is 11.8 Å². The van der Waals surface area contributed by atoms with Gasteiger partial charge in [0.1, 0.15) is 0 Å². The molecule has 0 aromatic heterocycles. The van der Waals surface area contributed by atoms with E-state index in [1.54, 1.807) is 11.8 Å². The smallest absolute Gasteiger partial charge is 0.193 e. The quantitative estimate of drug-likeness (QED) is 0.315. The average molecular weight is 377 g/mol. The first kappa shape index (κ1) is 18.7. The van der Waals surface area contributed by atoms with Crippen molar-refractivity contribution < 1.29 is 4.79 Å². The highest BCUT2D eigenvalue weighted by Crippen LogP contribution is 2.30. The monoisotopic (exact) mass is 376 g/mol. The van der Waals surface area contributed by atoms with Crippen molar-refractivity contribution in [2.24, 2.45) is 0 Å². The molecule has 0 radical (unpaired) electrons. The largest absolute Gasteiger partial charge is 0.289 e. The standard InChI is InChI=1S/C23H24OSSi/c1-25-19-15-20(17-11-7-5-8-12-17)22(21(16-19)26(2,3)4)23(24)18-13-9-6-10-14-18/h5-16H,1-4H3. The number of benzene rings is 3. The molecule has 0 bridgehead atoms. The SMILES string of the molecule is CSc1cc(-c2ccccc2)c(C(=O)c2ccccc2)c([Si](C)(C)C)c1. The van der Waals surface area contributed by atoms with Crippen LogP contribution < -0.4 is 5.19 Å². The van der Waals surface area contributed by atoms with E-state index in [4.69, 9.17) is 0 Å². The van der Waals surface area contributed by atoms with Gasteiger partial charge in [0.25, 0.3) is 0 Å². The van der Waals surface area contributed by atoms with E-state index in [0.29, 0.717) is 0 Å². The van der Waals surface area contributed by atoms with Gasteiger partial charge in [-0.05, 0) is 34.7 Å². The Kier molecular flexibility index (Phi) is 5.49. The Labute approximate surface area is 161 Å². The minimum atomic E-state index is -1.72. The maximum absolute atomic E-state index is 13.5. The third kappa shape index (κ3) is 3.84. The van der Waals surface area contributed by atoms with E-state index in [0.717, 1.165) is 22.3 Å². The fourth-order valence-corrected chi connectivity index (χ4v) is 5.31. The molecule has 0 unspecified atom stereocenters. The van der Waals surface area contributed by atoms with Crippen LogP contribution in [0.4, 0.5) is 0 Å². The summed E-state index contributed by atoms with van der Waals surface area (Å²) in [6.45, 7) is 6.93. The van der Waals surface area contributed by atoms with Gasteiger partial charge in [-0.15, -0.1) is 11.8 Å². The molecule has 0 atom stereocenters. The van der Waals surface area contributed by atoms with Crippen molar-refractivity contribution in [3.05, 3.63) is 83.9 Å². The Morgan fingerprint density at radius 1 is 0.846 bits per heavy atom. The van der Waals surface area contributed by atoms with Crippen LogP contribution in [0.25, 0.3) is 11.1 Å². The van der Waals surface area contributed by atoms with Crippen LogP contribution in [0.15, 0.2) is 77.7 Å². The van der Waals surface area contributed by atoms with Gasteiger partial charge < -0.3 is 0 Å². The first-order valence-corrected chi connectivity index (χ1v) is 13.5. The minimum Gasteiger partial charge on any atom is -0.289 e. The summed E-state index contributed by atoms with van der Waals surface area (Å²) in [5.41, 5.74) is 3.77. The van der Waals surface area contributed by atoms with E-state index >= 15 is 0 Å². The second-order valence-electron chi connectivity index (χ2n) is 7.41. The lowest BCUT2D eigenvalue weighted by Crippen LogP contribution is -2.42. The molecule has 132 valence electrons. The molecular formula is C23H24OSSi. The molecule has 0 saturated carbocycles. The first-order valence-electron chi connectivity index (χ1n) is 8.79. The molecule has 0 aliphatic heterocycles. The minimum absolute atomic E-state index is 0.120. The molecule has 0 heterocycles. The zero-order valence-electron chi connectivity index (χ0n) is 15.7. The lowest BCUT2D eigenvalue weighted by Gasteiger charge is -2.24. The number of hydrogen-bond donors (Lipinski definition) is 0. The normalized spacial score (nSPS) is 11.4. The Balaban J connectivity index is 2.34. The van der Waals surface area contributed by atoms with E-state index < -0.39 is 8.07 Å². The number of carbonyl (C=O) groups is 1. The molecular weight excluding hydrogens is 352 g/mol. The van der Waals surface area contributed by atoms with Crippen LogP contribution in [0.5, 0.6) is 0 Å². The van der Waals surface area contributed by atoms with E-state index in [-0.39, 0.29) is 5.78 Å². The second kappa shape index (κ2) is 7.64. The van der Waals surface area contributed by atoms with Gasteiger partial charge in [-0.1, -0.05) is 80.3 Å². The molecule has 0 spiro atoms. The molecule has 0 saturated heterocycles. The number of ketones is 1. The van der Waals surface area contributed by atoms with Crippen LogP contribution in [0.3, 0.4) is 0 Å². The number of thioether (sulfide) groups is 1. The highest BCUT2D eigenvalue weighted by molar-refractivity contribution is 7.98. The summed E-state index contributed by atoms with van der Waals surface area (Å²) in [6.07, 6.45) is 2.09. The third-order valence-corrected chi connectivity index (χ3v) is 7.22. The van der Waals surface area contributed by atoms with Crippen molar-refractivity contribution >= 4 is 30.8 Å². The summed E-state index contributed by atoms with van der Waals surface area (Å²) >= 11 is 1.74. The van der Waals surface area contributed by atoms with Crippen LogP contribution in [-0.2, 0) is 0 Å². The van der Waals surface area contributed by atoms with Crippen LogP contribution in [0.2, 0.25) is 19.6 Å². The zero-order chi connectivity index (χ0) is 18.7. The van der Waals surface area contributed by atoms with Crippen LogP contribution in [-0.4, -0.2) is 20.1 Å². The molecule has 0 amide bonds. The van der Waals surface area contributed by atoms with Crippen molar-refractivity contribution in [1.29, 1.82) is 0 Å². The molecule has 0 aliphatic carbocycles. The highest BCUT2D eigenvalue weighted by Gasteiger charge is 2.28. The fraction of sp³-hybridized carbons (Fsp3) is 0.174. The van der Waals surface area contributed by atoms with Gasteiger partial charge in [-0.3, -0.25) is 4.79 Å². The summed E-state index contributed by atoms with van der Waals surface area (Å²) in [7, 11) is -1.72. The molecule has 26 heavy (non-hydrogen) atoms. The van der Waals surface area contributed by atoms with Crippen molar-refractivity contribution in [2.75, 3.05) is 6.26 Å². The van der Waals surface area contributed by atoms with Crippen LogP contribution in [0.1, 0.15) is 15.9 Å². The maximum atomic E-state index is 13.5. The van der Waals surface area contributed by atoms with Crippen LogP contribution in [0, 0.1) is 0 Å². The van der Waals surface area contributed by atoms with Crippen molar-refractivity contribution in [1.82, 2.24) is 0 Å². The number of carbonyl (C=O) groups excluding carboxylic acids is 1. The molecule has 3 rings (SSSR count). The number of hydrogen-bond acceptors (Lipinski definition) is 2. The van der Waals surface area contributed by atoms with Gasteiger partial charge in [0.05, 0.1) is 8.07 Å². The predicted octanol–water partition coefficient (Wildman–Crippen LogP) is 5.85. The Morgan fingerprint density at radius 2 is 1.42 bits per heavy atom. The zero-order valence-corrected chi connectivity index (χ0v) is 17.6. The molecule has 3 heteroatoms. The third-order valence-electron chi connectivity index (χ3n) is 4.50. The van der Waals surface area contributed by atoms with Gasteiger partial charge in [0.2, 0.25) is 0 Å². The molecule has 3 aromatic carbocycles. The van der Waals surface area contributed by atoms with Crippen molar-refractivity contribution in [3.63, 3.8) is 0 Å². The maximum Gasteiger partial charge on any atom is 0.193 e. The molecule has 0 fully saturated rings. The van der Waals surface area contributed by atoms with Gasteiger partial charge in [-0.2, -0.15) is 0 Å². The number of rotatable bonds is 5. The summed E-state index contributed by atoms with van der Waals surface area (Å²) in [6, 6.07) is 24.3. The fourth-order valence-electron chi connectivity index (χ4n) is 3.15. The van der Waals surface area contributed by atoms with Gasteiger partial charge >= 0.3 is 0 Å². The molecule has 0 aliphatic rings. The predicted molar refractivity (Wildman–Crippen MR) is 117 cm³/mol.